The average Bonchev–Trinajstić information content (AvgIpc) is 2.30. The van der Waals surface area contributed by atoms with E-state index in [1.165, 1.54) is 4.90 Å². The predicted octanol–water partition coefficient (Wildman–Crippen LogP) is 1.85. The monoisotopic (exact) mass is 263 g/mol. The molecule has 1 aromatic carbocycles. The predicted molar refractivity (Wildman–Crippen MR) is 76.1 cm³/mol. The molecule has 2 N–H and O–H groups in total. The highest BCUT2D eigenvalue weighted by Gasteiger charge is 2.11. The summed E-state index contributed by atoms with van der Waals surface area (Å²) in [6.45, 7) is 3.78. The summed E-state index contributed by atoms with van der Waals surface area (Å²) in [5, 5.41) is 5.51. The summed E-state index contributed by atoms with van der Waals surface area (Å²) in [6.07, 6.45) is 0.269. The Hall–Kier alpha value is -2.04. The minimum absolute atomic E-state index is 0.00137. The first-order valence-electron chi connectivity index (χ1n) is 6.25. The number of hydrogen-bond donors (Lipinski definition) is 2. The Kier molecular flexibility index (Phi) is 5.36. The van der Waals surface area contributed by atoms with Gasteiger partial charge in [-0.2, -0.15) is 0 Å². The minimum Gasteiger partial charge on any atom is -0.349 e. The van der Waals surface area contributed by atoms with Gasteiger partial charge in [-0.15, -0.1) is 0 Å². The Morgan fingerprint density at radius 3 is 2.42 bits per heavy atom. The summed E-state index contributed by atoms with van der Waals surface area (Å²) in [7, 11) is 3.42. The van der Waals surface area contributed by atoms with Crippen LogP contribution in [-0.2, 0) is 11.2 Å². The van der Waals surface area contributed by atoms with Gasteiger partial charge >= 0.3 is 6.03 Å². The lowest BCUT2D eigenvalue weighted by Gasteiger charge is -2.15. The van der Waals surface area contributed by atoms with E-state index in [1.807, 2.05) is 32.0 Å². The number of amides is 3. The van der Waals surface area contributed by atoms with Crippen LogP contribution in [0.4, 0.5) is 10.5 Å². The van der Waals surface area contributed by atoms with Crippen LogP contribution in [0.5, 0.6) is 0 Å². The van der Waals surface area contributed by atoms with Gasteiger partial charge in [-0.1, -0.05) is 18.2 Å². The van der Waals surface area contributed by atoms with E-state index in [1.54, 1.807) is 20.2 Å². The minimum atomic E-state index is -0.264. The van der Waals surface area contributed by atoms with E-state index >= 15 is 0 Å². The molecule has 0 aliphatic carbocycles. The van der Waals surface area contributed by atoms with Gasteiger partial charge in [0.1, 0.15) is 0 Å². The van der Waals surface area contributed by atoms with Crippen LogP contribution in [0.2, 0.25) is 0 Å². The molecule has 5 nitrogen and oxygen atoms in total. The lowest BCUT2D eigenvalue weighted by Crippen LogP contribution is -2.34. The molecule has 0 aliphatic rings. The Labute approximate surface area is 114 Å². The zero-order chi connectivity index (χ0) is 14.4. The molecule has 0 bridgehead atoms. The number of urea groups is 1. The molecule has 3 amide bonds. The lowest BCUT2D eigenvalue weighted by atomic mass is 10.1. The Balaban J connectivity index is 2.78. The molecule has 1 rings (SSSR count). The fourth-order valence-corrected chi connectivity index (χ4v) is 1.54. The Morgan fingerprint density at radius 1 is 1.21 bits per heavy atom. The van der Waals surface area contributed by atoms with E-state index in [0.717, 1.165) is 5.56 Å². The number of benzene rings is 1. The van der Waals surface area contributed by atoms with Gasteiger partial charge < -0.3 is 15.5 Å². The molecule has 0 saturated heterocycles. The van der Waals surface area contributed by atoms with Gasteiger partial charge in [0.15, 0.2) is 0 Å². The van der Waals surface area contributed by atoms with Crippen molar-refractivity contribution in [1.82, 2.24) is 10.2 Å². The van der Waals surface area contributed by atoms with E-state index in [-0.39, 0.29) is 24.4 Å². The second-order valence-corrected chi connectivity index (χ2v) is 4.88. The Bertz CT molecular complexity index is 456. The van der Waals surface area contributed by atoms with Gasteiger partial charge in [-0.25, -0.2) is 4.79 Å². The zero-order valence-corrected chi connectivity index (χ0v) is 11.9. The molecule has 19 heavy (non-hydrogen) atoms. The number of rotatable bonds is 4. The first kappa shape index (κ1) is 15.0. The summed E-state index contributed by atoms with van der Waals surface area (Å²) in [5.41, 5.74) is 1.47. The molecule has 104 valence electrons. The van der Waals surface area contributed by atoms with Crippen molar-refractivity contribution in [1.29, 1.82) is 0 Å². The number of hydrogen-bond acceptors (Lipinski definition) is 2. The first-order chi connectivity index (χ1) is 8.90. The zero-order valence-electron chi connectivity index (χ0n) is 11.9. The number of nitrogens with zero attached hydrogens (tertiary/aromatic N) is 1. The highest BCUT2D eigenvalue weighted by atomic mass is 16.2. The second kappa shape index (κ2) is 6.78. The number of carbonyl (C=O) groups excluding carboxylic acids is 2. The van der Waals surface area contributed by atoms with Crippen molar-refractivity contribution in [3.8, 4) is 0 Å². The van der Waals surface area contributed by atoms with Crippen molar-refractivity contribution < 1.29 is 9.59 Å². The van der Waals surface area contributed by atoms with Crippen LogP contribution >= 0.6 is 0 Å². The maximum Gasteiger partial charge on any atom is 0.319 e. The number of anilines is 1. The topological polar surface area (TPSA) is 61.4 Å². The summed E-state index contributed by atoms with van der Waals surface area (Å²) in [6, 6.07) is 7.11. The van der Waals surface area contributed by atoms with Crippen molar-refractivity contribution in [3.63, 3.8) is 0 Å². The fraction of sp³-hybridized carbons (Fsp3) is 0.429. The maximum atomic E-state index is 11.7. The highest BCUT2D eigenvalue weighted by Crippen LogP contribution is 2.16. The molecule has 0 atom stereocenters. The van der Waals surface area contributed by atoms with Crippen LogP contribution in [0.25, 0.3) is 0 Å². The van der Waals surface area contributed by atoms with Crippen molar-refractivity contribution in [3.05, 3.63) is 29.8 Å². The van der Waals surface area contributed by atoms with Gasteiger partial charge in [0, 0.05) is 25.8 Å². The smallest absolute Gasteiger partial charge is 0.319 e. The maximum absolute atomic E-state index is 11.7. The van der Waals surface area contributed by atoms with Gasteiger partial charge in [-0.3, -0.25) is 4.79 Å². The Morgan fingerprint density at radius 2 is 1.84 bits per heavy atom. The number of likely N-dealkylation sites (N-methyl/N-ethyl adjacent to an activating group) is 1. The molecule has 0 spiro atoms. The van der Waals surface area contributed by atoms with Gasteiger partial charge in [-0.05, 0) is 25.5 Å². The summed E-state index contributed by atoms with van der Waals surface area (Å²) >= 11 is 0. The molecular formula is C14H21N3O2. The van der Waals surface area contributed by atoms with Crippen LogP contribution in [-0.4, -0.2) is 37.0 Å². The van der Waals surface area contributed by atoms with Crippen molar-refractivity contribution in [2.75, 3.05) is 19.4 Å². The largest absolute Gasteiger partial charge is 0.349 e. The van der Waals surface area contributed by atoms with E-state index in [2.05, 4.69) is 10.6 Å². The molecule has 5 heteroatoms. The van der Waals surface area contributed by atoms with Crippen LogP contribution < -0.4 is 10.6 Å². The third-order valence-corrected chi connectivity index (χ3v) is 2.53. The molecular weight excluding hydrogens is 242 g/mol. The number of nitrogens with one attached hydrogen (secondary N) is 2. The molecule has 0 unspecified atom stereocenters. The molecule has 0 aliphatic heterocycles. The van der Waals surface area contributed by atoms with Crippen LogP contribution in [0.1, 0.15) is 19.4 Å². The third kappa shape index (κ3) is 4.99. The highest BCUT2D eigenvalue weighted by molar-refractivity contribution is 5.91. The molecule has 0 radical (unpaired) electrons. The summed E-state index contributed by atoms with van der Waals surface area (Å²) in [5.74, 6) is -0.00137. The molecule has 0 aromatic heterocycles. The van der Waals surface area contributed by atoms with Crippen molar-refractivity contribution in [2.45, 2.75) is 26.3 Å². The second-order valence-electron chi connectivity index (χ2n) is 4.88. The van der Waals surface area contributed by atoms with E-state index in [0.29, 0.717) is 5.69 Å². The number of carbonyl (C=O) groups is 2. The normalized spacial score (nSPS) is 10.2. The average molecular weight is 263 g/mol. The standard InChI is InChI=1S/C14H21N3O2/c1-10(2)15-14(19)16-12-8-6-5-7-11(12)9-13(18)17(3)4/h5-8,10H,9H2,1-4H3,(H2,15,16,19). The van der Waals surface area contributed by atoms with Crippen LogP contribution in [0, 0.1) is 0 Å². The quantitative estimate of drug-likeness (QED) is 0.871. The molecule has 0 saturated carbocycles. The van der Waals surface area contributed by atoms with Crippen molar-refractivity contribution >= 4 is 17.6 Å². The SMILES string of the molecule is CC(C)NC(=O)Nc1ccccc1CC(=O)N(C)C. The molecule has 1 aromatic rings. The summed E-state index contributed by atoms with van der Waals surface area (Å²) < 4.78 is 0. The third-order valence-electron chi connectivity index (χ3n) is 2.53. The van der Waals surface area contributed by atoms with Crippen molar-refractivity contribution in [2.24, 2.45) is 0 Å². The molecule has 0 heterocycles. The van der Waals surface area contributed by atoms with Crippen LogP contribution in [0.15, 0.2) is 24.3 Å². The number of para-hydroxylation sites is 1. The van der Waals surface area contributed by atoms with E-state index in [9.17, 15) is 9.59 Å². The van der Waals surface area contributed by atoms with E-state index < -0.39 is 0 Å². The summed E-state index contributed by atoms with van der Waals surface area (Å²) in [4.78, 5) is 24.9. The van der Waals surface area contributed by atoms with Gasteiger partial charge in [0.25, 0.3) is 0 Å². The lowest BCUT2D eigenvalue weighted by molar-refractivity contribution is -0.127. The van der Waals surface area contributed by atoms with Gasteiger partial charge in [0.05, 0.1) is 6.42 Å². The van der Waals surface area contributed by atoms with E-state index in [4.69, 9.17) is 0 Å². The first-order valence-corrected chi connectivity index (χ1v) is 6.25. The van der Waals surface area contributed by atoms with Crippen LogP contribution in [0.3, 0.4) is 0 Å². The van der Waals surface area contributed by atoms with Gasteiger partial charge in [0.2, 0.25) is 5.91 Å². The fourth-order valence-electron chi connectivity index (χ4n) is 1.54. The molecule has 0 fully saturated rings.